The number of fused-ring (bicyclic) bond motifs is 1. The van der Waals surface area contributed by atoms with E-state index in [1.54, 1.807) is 6.92 Å². The fourth-order valence-electron chi connectivity index (χ4n) is 2.56. The van der Waals surface area contributed by atoms with Gasteiger partial charge in [-0.15, -0.1) is 0 Å². The molecular weight excluding hydrogens is 236 g/mol. The molecule has 0 bridgehead atoms. The first-order valence-electron chi connectivity index (χ1n) is 6.52. The van der Waals surface area contributed by atoms with Gasteiger partial charge in [0.25, 0.3) is 0 Å². The SMILES string of the molecule is CC(=O)c1ccc2c(c1)CCN2Cc1ccncc1. The number of nitrogens with zero attached hydrogens (tertiary/aromatic N) is 2. The Bertz CT molecular complexity index is 607. The van der Waals surface area contributed by atoms with Crippen molar-refractivity contribution in [2.45, 2.75) is 19.9 Å². The molecule has 0 unspecified atom stereocenters. The minimum absolute atomic E-state index is 0.135. The van der Waals surface area contributed by atoms with E-state index >= 15 is 0 Å². The second-order valence-electron chi connectivity index (χ2n) is 4.93. The molecule has 0 N–H and O–H groups in total. The number of hydrogen-bond acceptors (Lipinski definition) is 3. The molecule has 3 heteroatoms. The molecule has 1 aromatic heterocycles. The van der Waals surface area contributed by atoms with Gasteiger partial charge >= 0.3 is 0 Å². The first-order valence-corrected chi connectivity index (χ1v) is 6.52. The number of anilines is 1. The molecule has 0 aliphatic carbocycles. The Balaban J connectivity index is 1.84. The lowest BCUT2D eigenvalue weighted by Crippen LogP contribution is -2.19. The Morgan fingerprint density at radius 1 is 1.26 bits per heavy atom. The highest BCUT2D eigenvalue weighted by Gasteiger charge is 2.19. The van der Waals surface area contributed by atoms with Gasteiger partial charge in [0.15, 0.2) is 5.78 Å². The molecule has 0 amide bonds. The minimum atomic E-state index is 0.135. The lowest BCUT2D eigenvalue weighted by Gasteiger charge is -2.19. The third kappa shape index (κ3) is 2.36. The molecule has 3 nitrogen and oxygen atoms in total. The summed E-state index contributed by atoms with van der Waals surface area (Å²) in [6.45, 7) is 3.53. The summed E-state index contributed by atoms with van der Waals surface area (Å²) in [5.41, 5.74) is 4.60. The Hall–Kier alpha value is -2.16. The van der Waals surface area contributed by atoms with Crippen LogP contribution in [0.25, 0.3) is 0 Å². The lowest BCUT2D eigenvalue weighted by molar-refractivity contribution is 0.101. The van der Waals surface area contributed by atoms with Gasteiger partial charge in [-0.25, -0.2) is 0 Å². The third-order valence-electron chi connectivity index (χ3n) is 3.60. The summed E-state index contributed by atoms with van der Waals surface area (Å²) in [7, 11) is 0. The first kappa shape index (κ1) is 11.9. The number of aromatic nitrogens is 1. The van der Waals surface area contributed by atoms with Gasteiger partial charge in [0.2, 0.25) is 0 Å². The van der Waals surface area contributed by atoms with Crippen molar-refractivity contribution in [3.8, 4) is 0 Å². The average Bonchev–Trinajstić information content (AvgIpc) is 2.82. The quantitative estimate of drug-likeness (QED) is 0.787. The van der Waals surface area contributed by atoms with Gasteiger partial charge in [-0.05, 0) is 54.8 Å². The molecule has 1 aliphatic rings. The van der Waals surface area contributed by atoms with Crippen LogP contribution in [0.2, 0.25) is 0 Å². The number of carbonyl (C=O) groups is 1. The number of ketones is 1. The molecule has 0 saturated carbocycles. The topological polar surface area (TPSA) is 33.2 Å². The van der Waals surface area contributed by atoms with Crippen LogP contribution in [-0.4, -0.2) is 17.3 Å². The van der Waals surface area contributed by atoms with Crippen molar-refractivity contribution in [1.82, 2.24) is 4.98 Å². The van der Waals surface area contributed by atoms with Crippen LogP contribution in [0.5, 0.6) is 0 Å². The highest BCUT2D eigenvalue weighted by atomic mass is 16.1. The van der Waals surface area contributed by atoms with Gasteiger partial charge in [0.1, 0.15) is 0 Å². The van der Waals surface area contributed by atoms with E-state index in [-0.39, 0.29) is 5.78 Å². The van der Waals surface area contributed by atoms with Gasteiger partial charge in [-0.3, -0.25) is 9.78 Å². The van der Waals surface area contributed by atoms with Crippen molar-refractivity contribution in [1.29, 1.82) is 0 Å². The van der Waals surface area contributed by atoms with Crippen LogP contribution < -0.4 is 4.90 Å². The zero-order chi connectivity index (χ0) is 13.2. The lowest BCUT2D eigenvalue weighted by atomic mass is 10.1. The van der Waals surface area contributed by atoms with Crippen LogP contribution >= 0.6 is 0 Å². The average molecular weight is 252 g/mol. The Kier molecular flexibility index (Phi) is 3.03. The van der Waals surface area contributed by atoms with Gasteiger partial charge < -0.3 is 4.90 Å². The van der Waals surface area contributed by atoms with E-state index in [0.29, 0.717) is 0 Å². The van der Waals surface area contributed by atoms with Crippen molar-refractivity contribution in [3.63, 3.8) is 0 Å². The van der Waals surface area contributed by atoms with Crippen LogP contribution in [0.1, 0.15) is 28.4 Å². The maximum atomic E-state index is 11.4. The second kappa shape index (κ2) is 4.84. The van der Waals surface area contributed by atoms with Crippen LogP contribution in [0, 0.1) is 0 Å². The molecular formula is C16H16N2O. The molecule has 2 heterocycles. The first-order chi connectivity index (χ1) is 9.24. The number of benzene rings is 1. The van der Waals surface area contributed by atoms with E-state index in [0.717, 1.165) is 25.1 Å². The van der Waals surface area contributed by atoms with Gasteiger partial charge in [-0.2, -0.15) is 0 Å². The van der Waals surface area contributed by atoms with Crippen molar-refractivity contribution in [3.05, 3.63) is 59.4 Å². The molecule has 2 aromatic rings. The van der Waals surface area contributed by atoms with E-state index in [9.17, 15) is 4.79 Å². The van der Waals surface area contributed by atoms with Crippen LogP contribution in [-0.2, 0) is 13.0 Å². The van der Waals surface area contributed by atoms with E-state index in [1.165, 1.54) is 16.8 Å². The zero-order valence-electron chi connectivity index (χ0n) is 11.0. The van der Waals surface area contributed by atoms with E-state index in [1.807, 2.05) is 36.7 Å². The number of Topliss-reactive ketones (excluding diaryl/α,β-unsaturated/α-hetero) is 1. The fraction of sp³-hybridized carbons (Fsp3) is 0.250. The zero-order valence-corrected chi connectivity index (χ0v) is 11.0. The van der Waals surface area contributed by atoms with Gasteiger partial charge in [0.05, 0.1) is 0 Å². The molecule has 0 atom stereocenters. The highest BCUT2D eigenvalue weighted by molar-refractivity contribution is 5.94. The molecule has 0 saturated heterocycles. The predicted molar refractivity (Wildman–Crippen MR) is 75.4 cm³/mol. The smallest absolute Gasteiger partial charge is 0.159 e. The predicted octanol–water partition coefficient (Wildman–Crippen LogP) is 2.85. The molecule has 0 fully saturated rings. The number of carbonyl (C=O) groups excluding carboxylic acids is 1. The molecule has 3 rings (SSSR count). The van der Waals surface area contributed by atoms with E-state index in [2.05, 4.69) is 16.0 Å². The molecule has 0 radical (unpaired) electrons. The summed E-state index contributed by atoms with van der Waals surface area (Å²) in [6.07, 6.45) is 4.66. The van der Waals surface area contributed by atoms with Crippen LogP contribution in [0.4, 0.5) is 5.69 Å². The molecule has 0 spiro atoms. The van der Waals surface area contributed by atoms with Crippen LogP contribution in [0.3, 0.4) is 0 Å². The summed E-state index contributed by atoms with van der Waals surface area (Å²) in [6, 6.07) is 10.1. The summed E-state index contributed by atoms with van der Waals surface area (Å²) in [5, 5.41) is 0. The maximum absolute atomic E-state index is 11.4. The molecule has 1 aliphatic heterocycles. The van der Waals surface area contributed by atoms with Gasteiger partial charge in [0, 0.05) is 36.7 Å². The Labute approximate surface area is 112 Å². The summed E-state index contributed by atoms with van der Waals surface area (Å²) >= 11 is 0. The largest absolute Gasteiger partial charge is 0.367 e. The number of pyridine rings is 1. The third-order valence-corrected chi connectivity index (χ3v) is 3.60. The summed E-state index contributed by atoms with van der Waals surface area (Å²) < 4.78 is 0. The second-order valence-corrected chi connectivity index (χ2v) is 4.93. The molecule has 1 aromatic carbocycles. The summed E-state index contributed by atoms with van der Waals surface area (Å²) in [5.74, 6) is 0.135. The summed E-state index contributed by atoms with van der Waals surface area (Å²) in [4.78, 5) is 17.8. The Morgan fingerprint density at radius 3 is 2.79 bits per heavy atom. The van der Waals surface area contributed by atoms with Crippen molar-refractivity contribution in [2.24, 2.45) is 0 Å². The van der Waals surface area contributed by atoms with E-state index < -0.39 is 0 Å². The standard InChI is InChI=1S/C16H16N2O/c1-12(19)14-2-3-16-15(10-14)6-9-18(16)11-13-4-7-17-8-5-13/h2-5,7-8,10H,6,9,11H2,1H3. The van der Waals surface area contributed by atoms with E-state index in [4.69, 9.17) is 0 Å². The molecule has 19 heavy (non-hydrogen) atoms. The normalized spacial score (nSPS) is 13.4. The Morgan fingerprint density at radius 2 is 2.05 bits per heavy atom. The highest BCUT2D eigenvalue weighted by Crippen LogP contribution is 2.30. The number of hydrogen-bond donors (Lipinski definition) is 0. The van der Waals surface area contributed by atoms with Gasteiger partial charge in [-0.1, -0.05) is 0 Å². The molecule has 96 valence electrons. The van der Waals surface area contributed by atoms with Crippen molar-refractivity contribution < 1.29 is 4.79 Å². The fourth-order valence-corrected chi connectivity index (χ4v) is 2.56. The monoisotopic (exact) mass is 252 g/mol. The minimum Gasteiger partial charge on any atom is -0.367 e. The van der Waals surface area contributed by atoms with Crippen molar-refractivity contribution >= 4 is 11.5 Å². The van der Waals surface area contributed by atoms with Crippen LogP contribution in [0.15, 0.2) is 42.7 Å². The van der Waals surface area contributed by atoms with Crippen molar-refractivity contribution in [2.75, 3.05) is 11.4 Å². The maximum Gasteiger partial charge on any atom is 0.159 e. The number of rotatable bonds is 3.